The summed E-state index contributed by atoms with van der Waals surface area (Å²) in [5, 5.41) is 13.9. The first-order chi connectivity index (χ1) is 54.5. The van der Waals surface area contributed by atoms with Crippen molar-refractivity contribution in [3.05, 3.63) is 148 Å². The number of carbonyl (C=O) groups excluding carboxylic acids is 7. The van der Waals surface area contributed by atoms with Gasteiger partial charge in [-0.1, -0.05) is 203 Å². The number of unbranched alkanes of at least 4 members (excludes halogenated alkanes) is 24. The number of Topliss-reactive ketones (excluding diaryl/α,β-unsaturated/α-hetero) is 2. The van der Waals surface area contributed by atoms with Gasteiger partial charge >= 0.3 is 42.4 Å². The number of benzene rings is 5. The molecule has 0 fully saturated rings. The lowest BCUT2D eigenvalue weighted by atomic mass is 9.77. The molecule has 622 valence electrons. The Morgan fingerprint density at radius 2 is 0.991 bits per heavy atom. The number of ketones is 2. The van der Waals surface area contributed by atoms with Crippen LogP contribution in [0, 0.1) is 0 Å². The van der Waals surface area contributed by atoms with Crippen LogP contribution in [-0.4, -0.2) is 120 Å². The Morgan fingerprint density at radius 3 is 1.45 bits per heavy atom. The summed E-state index contributed by atoms with van der Waals surface area (Å²) in [6.07, 6.45) is 16.6. The lowest BCUT2D eigenvalue weighted by Crippen LogP contribution is -2.41. The number of hydrogen-bond acceptors (Lipinski definition) is 19. The highest BCUT2D eigenvalue weighted by atomic mass is 31.2. The number of amides is 2. The average molecular weight is 1620 g/mol. The summed E-state index contributed by atoms with van der Waals surface area (Å²) < 4.78 is 137. The summed E-state index contributed by atoms with van der Waals surface area (Å²) >= 11 is 0. The monoisotopic (exact) mass is 1620 g/mol. The quantitative estimate of drug-likeness (QED) is 0.00896. The van der Waals surface area contributed by atoms with Gasteiger partial charge in [0.15, 0.2) is 11.7 Å². The molecule has 3 heterocycles. The van der Waals surface area contributed by atoms with Gasteiger partial charge in [0.05, 0.1) is 38.1 Å². The van der Waals surface area contributed by atoms with Crippen molar-refractivity contribution in [2.24, 2.45) is 0 Å². The standard InChI is InChI=1S/C84H107F6N6O17P/c1-5-7-9-11-13-15-17-19-21-23-25-27-29-31-77(99)106-58-68(109-78(100)32-30-28-26-24-22-20-18-16-14-12-10-8-6-2)59-108-114(104,105)107-52-51-96(3,4)57-64-56-95(94-93-64)65-41-48-70-69(55-65)79(101)113-82(70)71-46-39-62(91-80(102)110-66-42-33-60(34-43-66)37-49-75(97)83(85,86)87)53-73(71)112-74-54-63(40-47-72(74)82)92-81(103)111-67-44-35-61(36-45-67)38-50-76(98)84(88,89)90/h33-36,39-48,53-56,68H,5-32,37-38,49-52,57-59H2,1-4H3,(H2-,91,92,102,103,104,105). The van der Waals surface area contributed by atoms with E-state index in [1.165, 1.54) is 187 Å². The van der Waals surface area contributed by atoms with E-state index in [9.17, 15) is 69.4 Å². The molecule has 2 aliphatic heterocycles. The van der Waals surface area contributed by atoms with Gasteiger partial charge in [-0.2, -0.15) is 26.3 Å². The summed E-state index contributed by atoms with van der Waals surface area (Å²) in [5.74, 6) is -5.41. The minimum Gasteiger partial charge on any atom is -0.756 e. The average Bonchev–Trinajstić information content (AvgIpc) is 1.51. The lowest BCUT2D eigenvalue weighted by molar-refractivity contribution is -0.904. The second-order valence-electron chi connectivity index (χ2n) is 29.8. The first-order valence-corrected chi connectivity index (χ1v) is 41.4. The van der Waals surface area contributed by atoms with Gasteiger partial charge in [0, 0.05) is 65.9 Å². The Balaban J connectivity index is 0.886. The first-order valence-electron chi connectivity index (χ1n) is 39.9. The van der Waals surface area contributed by atoms with Crippen molar-refractivity contribution in [2.45, 2.75) is 250 Å². The van der Waals surface area contributed by atoms with Crippen molar-refractivity contribution in [2.75, 3.05) is 51.1 Å². The molecule has 1 spiro atoms. The topological polar surface area (TPSA) is 288 Å². The summed E-state index contributed by atoms with van der Waals surface area (Å²) in [5.41, 5.74) is 1.13. The number of phosphoric acid groups is 1. The molecule has 0 saturated carbocycles. The second kappa shape index (κ2) is 44.7. The third-order valence-corrected chi connectivity index (χ3v) is 20.9. The van der Waals surface area contributed by atoms with Gasteiger partial charge < -0.3 is 46.8 Å². The fraction of sp³-hybridized carbons (Fsp3) is 0.536. The van der Waals surface area contributed by atoms with Crippen LogP contribution in [0.5, 0.6) is 23.0 Å². The number of aryl methyl sites for hydroxylation is 2. The third kappa shape index (κ3) is 29.7. The summed E-state index contributed by atoms with van der Waals surface area (Å²) in [6.45, 7) is 3.43. The van der Waals surface area contributed by atoms with E-state index in [0.717, 1.165) is 44.9 Å². The molecule has 5 aromatic carbocycles. The largest absolute Gasteiger partial charge is 0.756 e. The smallest absolute Gasteiger partial charge is 0.449 e. The number of quaternary nitrogens is 1. The van der Waals surface area contributed by atoms with Crippen molar-refractivity contribution in [1.29, 1.82) is 0 Å². The van der Waals surface area contributed by atoms with Crippen molar-refractivity contribution >= 4 is 60.9 Å². The molecule has 2 amide bonds. The van der Waals surface area contributed by atoms with Crippen LogP contribution >= 0.6 is 7.82 Å². The number of carbonyl (C=O) groups is 7. The second-order valence-corrected chi connectivity index (χ2v) is 31.2. The van der Waals surface area contributed by atoms with Crippen molar-refractivity contribution in [1.82, 2.24) is 15.0 Å². The third-order valence-electron chi connectivity index (χ3n) is 19.9. The predicted octanol–water partition coefficient (Wildman–Crippen LogP) is 19.7. The number of aromatic nitrogens is 3. The zero-order valence-electron chi connectivity index (χ0n) is 65.6. The van der Waals surface area contributed by atoms with Gasteiger partial charge in [0.25, 0.3) is 7.82 Å². The molecule has 0 bridgehead atoms. The molecule has 0 aliphatic carbocycles. The maximum Gasteiger partial charge on any atom is 0.449 e. The van der Waals surface area contributed by atoms with Crippen LogP contribution in [0.4, 0.5) is 47.3 Å². The number of alkyl halides is 6. The number of halogens is 6. The Labute approximate surface area is 662 Å². The zero-order chi connectivity index (χ0) is 82.2. The van der Waals surface area contributed by atoms with Crippen LogP contribution in [0.1, 0.15) is 250 Å². The molecule has 2 N–H and O–H groups in total. The molecule has 2 aliphatic rings. The fourth-order valence-electron chi connectivity index (χ4n) is 13.6. The minimum atomic E-state index is -5.01. The van der Waals surface area contributed by atoms with Crippen LogP contribution < -0.4 is 29.7 Å². The Bertz CT molecular complexity index is 4040. The molecular formula is C84H107F6N6O17P. The van der Waals surface area contributed by atoms with E-state index in [2.05, 4.69) is 34.8 Å². The maximum atomic E-state index is 14.4. The van der Waals surface area contributed by atoms with Gasteiger partial charge in [0.2, 0.25) is 11.6 Å². The minimum absolute atomic E-state index is 0.0157. The van der Waals surface area contributed by atoms with E-state index >= 15 is 0 Å². The highest BCUT2D eigenvalue weighted by Crippen LogP contribution is 2.57. The van der Waals surface area contributed by atoms with E-state index in [1.54, 1.807) is 36.5 Å². The number of ether oxygens (including phenoxy) is 6. The van der Waals surface area contributed by atoms with Crippen molar-refractivity contribution in [3.8, 4) is 28.7 Å². The fourth-order valence-corrected chi connectivity index (χ4v) is 14.3. The molecule has 1 aromatic heterocycles. The molecule has 114 heavy (non-hydrogen) atoms. The van der Waals surface area contributed by atoms with Gasteiger partial charge in [-0.15, -0.1) is 5.10 Å². The molecule has 6 aromatic rings. The van der Waals surface area contributed by atoms with Gasteiger partial charge in [0.1, 0.15) is 55.0 Å². The van der Waals surface area contributed by atoms with Gasteiger partial charge in [-0.25, -0.2) is 19.1 Å². The predicted molar refractivity (Wildman–Crippen MR) is 412 cm³/mol. The van der Waals surface area contributed by atoms with Crippen LogP contribution in [0.3, 0.4) is 0 Å². The van der Waals surface area contributed by atoms with Crippen molar-refractivity contribution < 1.29 is 111 Å². The number of fused-ring (bicyclic) bond motifs is 6. The number of nitrogens with zero attached hydrogens (tertiary/aromatic N) is 4. The zero-order valence-corrected chi connectivity index (χ0v) is 66.5. The molecule has 30 heteroatoms. The molecule has 0 saturated heterocycles. The van der Waals surface area contributed by atoms with Crippen LogP contribution in [0.2, 0.25) is 0 Å². The molecule has 0 radical (unpaired) electrons. The van der Waals surface area contributed by atoms with E-state index in [4.69, 9.17) is 37.5 Å². The maximum absolute atomic E-state index is 14.4. The van der Waals surface area contributed by atoms with Crippen LogP contribution in [0.25, 0.3) is 5.69 Å². The molecule has 23 nitrogen and oxygen atoms in total. The van der Waals surface area contributed by atoms with Crippen LogP contribution in [-0.2, 0) is 72.0 Å². The number of anilines is 2. The number of nitrogens with one attached hydrogen (secondary N) is 2. The lowest BCUT2D eigenvalue weighted by Gasteiger charge is -2.36. The van der Waals surface area contributed by atoms with E-state index in [1.807, 2.05) is 14.1 Å². The SMILES string of the molecule is CCCCCCCCCCCCCCCC(=O)OCC(COP(=O)([O-])OCC[N+](C)(C)Cc1cn(-c2ccc3c(c2)C(=O)OC32c3ccc(NC(=O)Oc4ccc(CCC(=O)C(F)(F)F)cc4)cc3Oc3cc(NC(=O)Oc4ccc(CCC(=O)C(F)(F)F)cc4)ccc32)nn1)OC(=O)CCCCCCCCCCCCCCC. The number of phosphoric ester groups is 1. The Kier molecular flexibility index (Phi) is 35.5. The Morgan fingerprint density at radius 1 is 0.553 bits per heavy atom. The summed E-state index contributed by atoms with van der Waals surface area (Å²) in [7, 11) is -1.38. The summed E-state index contributed by atoms with van der Waals surface area (Å²) in [4.78, 5) is 103. The molecule has 2 atom stereocenters. The van der Waals surface area contributed by atoms with E-state index in [0.29, 0.717) is 52.0 Å². The number of likely N-dealkylation sites (N-methyl/N-ethyl adjacent to an activating group) is 1. The highest BCUT2D eigenvalue weighted by Gasteiger charge is 2.54. The van der Waals surface area contributed by atoms with E-state index < -0.39 is 99.6 Å². The van der Waals surface area contributed by atoms with E-state index in [-0.39, 0.29) is 89.8 Å². The highest BCUT2D eigenvalue weighted by molar-refractivity contribution is 7.45. The Hall–Kier alpha value is -9.02. The number of hydrogen-bond donors (Lipinski definition) is 2. The molecule has 2 unspecified atom stereocenters. The molecular weight excluding hydrogens is 1510 g/mol. The van der Waals surface area contributed by atoms with Crippen LogP contribution in [0.15, 0.2) is 109 Å². The van der Waals surface area contributed by atoms with Gasteiger partial charge in [-0.05, 0) is 97.5 Å². The first kappa shape index (κ1) is 90.5. The number of esters is 3. The van der Waals surface area contributed by atoms with Gasteiger partial charge in [-0.3, -0.25) is 34.4 Å². The van der Waals surface area contributed by atoms with Crippen molar-refractivity contribution in [3.63, 3.8) is 0 Å². The summed E-state index contributed by atoms with van der Waals surface area (Å²) in [6, 6.07) is 24.8. The normalized spacial score (nSPS) is 13.7. The molecule has 8 rings (SSSR count). The number of rotatable bonds is 51.